The number of carbonyl (C=O) groups is 2. The van der Waals surface area contributed by atoms with Gasteiger partial charge in [-0.25, -0.2) is 4.98 Å². The molecule has 1 aliphatic rings. The van der Waals surface area contributed by atoms with Crippen LogP contribution in [-0.4, -0.2) is 21.2 Å². The Kier molecular flexibility index (Phi) is 4.05. The van der Waals surface area contributed by atoms with Crippen molar-refractivity contribution >= 4 is 39.9 Å². The van der Waals surface area contributed by atoms with Crippen molar-refractivity contribution in [2.45, 2.75) is 19.4 Å². The molecular formula is C19H14ClN3O3. The van der Waals surface area contributed by atoms with Gasteiger partial charge in [0.05, 0.1) is 23.8 Å². The van der Waals surface area contributed by atoms with Crippen LogP contribution in [0.4, 0.5) is 5.69 Å². The minimum absolute atomic E-state index is 0.0240. The van der Waals surface area contributed by atoms with Crippen LogP contribution in [0.25, 0.3) is 10.9 Å². The number of amides is 1. The fourth-order valence-electron chi connectivity index (χ4n) is 3.05. The second-order valence-electron chi connectivity index (χ2n) is 6.18. The van der Waals surface area contributed by atoms with Gasteiger partial charge in [0.15, 0.2) is 5.78 Å². The molecule has 26 heavy (non-hydrogen) atoms. The van der Waals surface area contributed by atoms with E-state index in [4.69, 9.17) is 11.6 Å². The summed E-state index contributed by atoms with van der Waals surface area (Å²) >= 11 is 5.95. The van der Waals surface area contributed by atoms with Gasteiger partial charge < -0.3 is 5.32 Å². The minimum atomic E-state index is -0.309. The molecule has 0 aliphatic carbocycles. The smallest absolute Gasteiger partial charge is 0.261 e. The predicted octanol–water partition coefficient (Wildman–Crippen LogP) is 2.82. The molecule has 0 fully saturated rings. The van der Waals surface area contributed by atoms with Gasteiger partial charge in [-0.2, -0.15) is 0 Å². The summed E-state index contributed by atoms with van der Waals surface area (Å²) in [5, 5.41) is 3.60. The first-order valence-electron chi connectivity index (χ1n) is 8.12. The number of aromatic nitrogens is 2. The molecule has 0 bridgehead atoms. The van der Waals surface area contributed by atoms with Crippen LogP contribution in [0.3, 0.4) is 0 Å². The molecule has 0 radical (unpaired) electrons. The number of carbonyl (C=O) groups excluding carboxylic acids is 2. The Bertz CT molecular complexity index is 1120. The Hall–Kier alpha value is -2.99. The molecule has 130 valence electrons. The number of hydrogen-bond donors (Lipinski definition) is 1. The van der Waals surface area contributed by atoms with E-state index in [1.54, 1.807) is 36.4 Å². The minimum Gasteiger partial charge on any atom is -0.326 e. The third kappa shape index (κ3) is 2.99. The molecule has 4 rings (SSSR count). The summed E-state index contributed by atoms with van der Waals surface area (Å²) < 4.78 is 1.28. The summed E-state index contributed by atoms with van der Waals surface area (Å²) in [5.41, 5.74) is 2.38. The van der Waals surface area contributed by atoms with Gasteiger partial charge in [-0.3, -0.25) is 19.0 Å². The molecule has 2 heterocycles. The Morgan fingerprint density at radius 1 is 1.15 bits per heavy atom. The second-order valence-corrected chi connectivity index (χ2v) is 6.62. The zero-order valence-corrected chi connectivity index (χ0v) is 14.4. The molecule has 1 aromatic heterocycles. The highest BCUT2D eigenvalue weighted by Gasteiger charge is 2.17. The molecular weight excluding hydrogens is 354 g/mol. The molecule has 2 aromatic carbocycles. The van der Waals surface area contributed by atoms with Crippen LogP contribution in [0.2, 0.25) is 5.02 Å². The first kappa shape index (κ1) is 16.5. The van der Waals surface area contributed by atoms with Crippen molar-refractivity contribution in [3.8, 4) is 0 Å². The number of halogens is 1. The summed E-state index contributed by atoms with van der Waals surface area (Å²) in [7, 11) is 0. The maximum Gasteiger partial charge on any atom is 0.261 e. The number of fused-ring (bicyclic) bond motifs is 2. The number of rotatable bonds is 3. The maximum absolute atomic E-state index is 12.6. The van der Waals surface area contributed by atoms with Gasteiger partial charge in [-0.05, 0) is 48.4 Å². The van der Waals surface area contributed by atoms with E-state index in [1.807, 2.05) is 0 Å². The quantitative estimate of drug-likeness (QED) is 0.722. The highest BCUT2D eigenvalue weighted by Crippen LogP contribution is 2.24. The van der Waals surface area contributed by atoms with E-state index in [2.05, 4.69) is 10.3 Å². The van der Waals surface area contributed by atoms with Crippen LogP contribution in [0.15, 0.2) is 47.5 Å². The fraction of sp³-hybridized carbons (Fsp3) is 0.158. The number of hydrogen-bond acceptors (Lipinski definition) is 4. The lowest BCUT2D eigenvalue weighted by molar-refractivity contribution is -0.116. The van der Waals surface area contributed by atoms with Crippen molar-refractivity contribution in [1.29, 1.82) is 0 Å². The maximum atomic E-state index is 12.6. The molecule has 0 saturated heterocycles. The third-order valence-electron chi connectivity index (χ3n) is 4.42. The number of anilines is 1. The van der Waals surface area contributed by atoms with Crippen LogP contribution >= 0.6 is 11.6 Å². The summed E-state index contributed by atoms with van der Waals surface area (Å²) in [6.45, 7) is -0.112. The van der Waals surface area contributed by atoms with Gasteiger partial charge >= 0.3 is 0 Å². The first-order valence-corrected chi connectivity index (χ1v) is 8.50. The van der Waals surface area contributed by atoms with Crippen LogP contribution in [0.1, 0.15) is 22.3 Å². The van der Waals surface area contributed by atoms with E-state index in [0.29, 0.717) is 34.3 Å². The third-order valence-corrected chi connectivity index (χ3v) is 4.66. The van der Waals surface area contributed by atoms with Crippen LogP contribution in [-0.2, 0) is 17.8 Å². The van der Waals surface area contributed by atoms with Gasteiger partial charge in [0.2, 0.25) is 5.91 Å². The predicted molar refractivity (Wildman–Crippen MR) is 98.7 cm³/mol. The van der Waals surface area contributed by atoms with Gasteiger partial charge in [-0.1, -0.05) is 11.6 Å². The lowest BCUT2D eigenvalue weighted by atomic mass is 9.99. The molecule has 1 N–H and O–H groups in total. The average molecular weight is 368 g/mol. The van der Waals surface area contributed by atoms with Gasteiger partial charge in [-0.15, -0.1) is 0 Å². The lowest BCUT2D eigenvalue weighted by Crippen LogP contribution is -2.25. The van der Waals surface area contributed by atoms with Gasteiger partial charge in [0.1, 0.15) is 0 Å². The number of ketones is 1. The second kappa shape index (κ2) is 6.38. The van der Waals surface area contributed by atoms with Crippen LogP contribution < -0.4 is 10.9 Å². The standard InChI is InChI=1S/C19H14ClN3O3/c20-13-3-5-16-14(8-13)19(26)23(10-21-16)9-17(24)12-1-4-15-11(7-12)2-6-18(25)22-15/h1,3-5,7-8,10H,2,6,9H2,(H,22,25). The molecule has 1 amide bonds. The number of benzene rings is 2. The highest BCUT2D eigenvalue weighted by molar-refractivity contribution is 6.31. The normalized spacial score (nSPS) is 13.3. The molecule has 6 nitrogen and oxygen atoms in total. The van der Waals surface area contributed by atoms with Gasteiger partial charge in [0, 0.05) is 22.7 Å². The largest absolute Gasteiger partial charge is 0.326 e. The monoisotopic (exact) mass is 367 g/mol. The van der Waals surface area contributed by atoms with Crippen molar-refractivity contribution in [3.63, 3.8) is 0 Å². The summed E-state index contributed by atoms with van der Waals surface area (Å²) in [6.07, 6.45) is 2.37. The lowest BCUT2D eigenvalue weighted by Gasteiger charge is -2.17. The summed E-state index contributed by atoms with van der Waals surface area (Å²) in [4.78, 5) is 40.8. The Labute approximate surface area is 153 Å². The number of nitrogens with one attached hydrogen (secondary N) is 1. The molecule has 0 atom stereocenters. The fourth-order valence-corrected chi connectivity index (χ4v) is 3.22. The molecule has 0 saturated carbocycles. The zero-order chi connectivity index (χ0) is 18.3. The van der Waals surface area contributed by atoms with Crippen molar-refractivity contribution < 1.29 is 9.59 Å². The highest BCUT2D eigenvalue weighted by atomic mass is 35.5. The SMILES string of the molecule is O=C1CCc2cc(C(=O)Cn3cnc4ccc(Cl)cc4c3=O)ccc2N1. The van der Waals surface area contributed by atoms with E-state index in [9.17, 15) is 14.4 Å². The van der Waals surface area contributed by atoms with E-state index in [-0.39, 0.29) is 23.8 Å². The van der Waals surface area contributed by atoms with E-state index < -0.39 is 0 Å². The van der Waals surface area contributed by atoms with Crippen molar-refractivity contribution in [2.24, 2.45) is 0 Å². The molecule has 1 aliphatic heterocycles. The first-order chi connectivity index (χ1) is 12.5. The van der Waals surface area contributed by atoms with E-state index >= 15 is 0 Å². The van der Waals surface area contributed by atoms with Crippen molar-refractivity contribution in [2.75, 3.05) is 5.32 Å². The number of nitrogens with zero attached hydrogens (tertiary/aromatic N) is 2. The topological polar surface area (TPSA) is 81.1 Å². The molecule has 3 aromatic rings. The Balaban J connectivity index is 1.64. The van der Waals surface area contributed by atoms with Gasteiger partial charge in [0.25, 0.3) is 5.56 Å². The summed E-state index contributed by atoms with van der Waals surface area (Å²) in [6, 6.07) is 10.0. The molecule has 7 heteroatoms. The van der Waals surface area contributed by atoms with Crippen LogP contribution in [0.5, 0.6) is 0 Å². The summed E-state index contributed by atoms with van der Waals surface area (Å²) in [5.74, 6) is -0.223. The zero-order valence-electron chi connectivity index (χ0n) is 13.7. The number of aryl methyl sites for hydroxylation is 1. The van der Waals surface area contributed by atoms with Crippen molar-refractivity contribution in [3.05, 3.63) is 69.2 Å². The van der Waals surface area contributed by atoms with Crippen LogP contribution in [0, 0.1) is 0 Å². The Morgan fingerprint density at radius 2 is 2.00 bits per heavy atom. The molecule has 0 spiro atoms. The molecule has 0 unspecified atom stereocenters. The average Bonchev–Trinajstić information content (AvgIpc) is 2.64. The number of Topliss-reactive ketones (excluding diaryl/α,β-unsaturated/α-hetero) is 1. The van der Waals surface area contributed by atoms with E-state index in [0.717, 1.165) is 11.3 Å². The Morgan fingerprint density at radius 3 is 2.85 bits per heavy atom. The van der Waals surface area contributed by atoms with Crippen molar-refractivity contribution in [1.82, 2.24) is 9.55 Å². The van der Waals surface area contributed by atoms with E-state index in [1.165, 1.54) is 10.9 Å².